The first-order chi connectivity index (χ1) is 10.5. The van der Waals surface area contributed by atoms with Crippen LogP contribution in [0.1, 0.15) is 23.7 Å². The van der Waals surface area contributed by atoms with E-state index >= 15 is 0 Å². The summed E-state index contributed by atoms with van der Waals surface area (Å²) >= 11 is 0. The van der Waals surface area contributed by atoms with Crippen LogP contribution < -0.4 is 0 Å². The lowest BCUT2D eigenvalue weighted by Gasteiger charge is -2.39. The number of likely N-dealkylation sites (tertiary alicyclic amines) is 1. The van der Waals surface area contributed by atoms with E-state index < -0.39 is 11.7 Å². The first-order valence-electron chi connectivity index (χ1n) is 6.98. The first-order valence-corrected chi connectivity index (χ1v) is 6.98. The maximum absolute atomic E-state index is 12.5. The molecule has 1 fully saturated rings. The summed E-state index contributed by atoms with van der Waals surface area (Å²) in [6, 6.07) is 3.26. The number of amides is 1. The summed E-state index contributed by atoms with van der Waals surface area (Å²) in [5, 5.41) is 27.3. The van der Waals surface area contributed by atoms with E-state index in [1.807, 2.05) is 0 Å². The fourth-order valence-electron chi connectivity index (χ4n) is 2.40. The minimum absolute atomic E-state index is 0.107. The topological polar surface area (TPSA) is 104 Å². The molecule has 8 nitrogen and oxygen atoms in total. The highest BCUT2D eigenvalue weighted by Gasteiger charge is 2.38. The van der Waals surface area contributed by atoms with Gasteiger partial charge in [-0.25, -0.2) is 4.98 Å². The average Bonchev–Trinajstić information content (AvgIpc) is 3.04. The second-order valence-corrected chi connectivity index (χ2v) is 5.65. The molecule has 116 valence electrons. The van der Waals surface area contributed by atoms with Crippen molar-refractivity contribution in [2.24, 2.45) is 0 Å². The highest BCUT2D eigenvalue weighted by atomic mass is 16.3. The number of nitrogens with zero attached hydrogens (tertiary/aromatic N) is 5. The van der Waals surface area contributed by atoms with Crippen LogP contribution in [0, 0.1) is 0 Å². The number of β-amino-alcohol motifs (C(OH)–C–C–N with tert-alkyl or cyclic N) is 1. The Morgan fingerprint density at radius 2 is 2.14 bits per heavy atom. The lowest BCUT2D eigenvalue weighted by molar-refractivity contribution is -0.0999. The molecule has 0 aliphatic carbocycles. The predicted molar refractivity (Wildman–Crippen MR) is 76.3 cm³/mol. The average molecular weight is 303 g/mol. The Hall–Kier alpha value is -2.32. The van der Waals surface area contributed by atoms with E-state index in [0.717, 1.165) is 0 Å². The number of carbonyl (C=O) groups excluding carboxylic acids is 1. The second kappa shape index (κ2) is 5.47. The number of pyridine rings is 1. The summed E-state index contributed by atoms with van der Waals surface area (Å²) in [4.78, 5) is 18.2. The molecule has 0 saturated carbocycles. The van der Waals surface area contributed by atoms with E-state index in [1.54, 1.807) is 29.8 Å². The lowest BCUT2D eigenvalue weighted by atomic mass is 9.90. The zero-order valence-electron chi connectivity index (χ0n) is 12.1. The van der Waals surface area contributed by atoms with Crippen molar-refractivity contribution in [3.63, 3.8) is 0 Å². The number of piperidine rings is 1. The van der Waals surface area contributed by atoms with Gasteiger partial charge in [0.1, 0.15) is 18.5 Å². The molecular formula is C14H17N5O3. The molecule has 3 rings (SSSR count). The summed E-state index contributed by atoms with van der Waals surface area (Å²) < 4.78 is 1.60. The van der Waals surface area contributed by atoms with Crippen LogP contribution >= 0.6 is 0 Å². The molecule has 2 N–H and O–H groups in total. The SMILES string of the molecule is C[C@@]1(O)CCN(C(=O)c2ccnc(-n3cnnc3)c2)C[C@@H]1O. The van der Waals surface area contributed by atoms with Crippen molar-refractivity contribution in [3.8, 4) is 5.82 Å². The normalized spacial score (nSPS) is 25.2. The predicted octanol–water partition coefficient (Wildman–Crippen LogP) is -0.380. The largest absolute Gasteiger partial charge is 0.388 e. The van der Waals surface area contributed by atoms with Crippen LogP contribution in [0.15, 0.2) is 31.0 Å². The molecule has 0 radical (unpaired) electrons. The van der Waals surface area contributed by atoms with Gasteiger partial charge in [0.05, 0.1) is 11.7 Å². The number of aliphatic hydroxyl groups excluding tert-OH is 1. The van der Waals surface area contributed by atoms with Crippen LogP contribution in [0.25, 0.3) is 5.82 Å². The van der Waals surface area contributed by atoms with Crippen molar-refractivity contribution in [2.75, 3.05) is 13.1 Å². The van der Waals surface area contributed by atoms with Crippen LogP contribution in [0.5, 0.6) is 0 Å². The van der Waals surface area contributed by atoms with Crippen molar-refractivity contribution in [3.05, 3.63) is 36.5 Å². The van der Waals surface area contributed by atoms with Gasteiger partial charge in [0.15, 0.2) is 0 Å². The molecule has 0 spiro atoms. The molecule has 1 amide bonds. The van der Waals surface area contributed by atoms with Crippen LogP contribution in [0.4, 0.5) is 0 Å². The third-order valence-corrected chi connectivity index (χ3v) is 3.96. The molecule has 1 aliphatic heterocycles. The molecule has 0 bridgehead atoms. The number of hydrogen-bond acceptors (Lipinski definition) is 6. The van der Waals surface area contributed by atoms with Crippen molar-refractivity contribution >= 4 is 5.91 Å². The van der Waals surface area contributed by atoms with Gasteiger partial charge < -0.3 is 15.1 Å². The van der Waals surface area contributed by atoms with Gasteiger partial charge in [-0.3, -0.25) is 9.36 Å². The van der Waals surface area contributed by atoms with Gasteiger partial charge in [-0.05, 0) is 25.5 Å². The summed E-state index contributed by atoms with van der Waals surface area (Å²) in [6.45, 7) is 2.08. The van der Waals surface area contributed by atoms with Gasteiger partial charge in [0, 0.05) is 24.8 Å². The van der Waals surface area contributed by atoms with E-state index in [-0.39, 0.29) is 12.5 Å². The quantitative estimate of drug-likeness (QED) is 0.783. The fraction of sp³-hybridized carbons (Fsp3) is 0.429. The number of rotatable bonds is 2. The Kier molecular flexibility index (Phi) is 3.63. The minimum Gasteiger partial charge on any atom is -0.388 e. The van der Waals surface area contributed by atoms with E-state index in [2.05, 4.69) is 15.2 Å². The van der Waals surface area contributed by atoms with Crippen LogP contribution in [0.2, 0.25) is 0 Å². The van der Waals surface area contributed by atoms with Crippen molar-refractivity contribution in [1.82, 2.24) is 24.6 Å². The molecule has 22 heavy (non-hydrogen) atoms. The standard InChI is InChI=1S/C14H17N5O3/c1-14(22)3-5-18(7-11(14)20)13(21)10-2-4-15-12(6-10)19-8-16-17-9-19/h2,4,6,8-9,11,20,22H,3,5,7H2,1H3/t11-,14+/m0/s1. The molecule has 1 aliphatic rings. The maximum atomic E-state index is 12.5. The molecule has 2 atom stereocenters. The highest BCUT2D eigenvalue weighted by molar-refractivity contribution is 5.94. The third-order valence-electron chi connectivity index (χ3n) is 3.96. The molecule has 0 unspecified atom stereocenters. The van der Waals surface area contributed by atoms with Crippen LogP contribution in [-0.4, -0.2) is 65.6 Å². The summed E-state index contributed by atoms with van der Waals surface area (Å²) in [7, 11) is 0. The molecule has 8 heteroatoms. The van der Waals surface area contributed by atoms with Crippen LogP contribution in [0.3, 0.4) is 0 Å². The number of aromatic nitrogens is 4. The second-order valence-electron chi connectivity index (χ2n) is 5.65. The number of hydrogen-bond donors (Lipinski definition) is 2. The Bertz CT molecular complexity index is 671. The van der Waals surface area contributed by atoms with E-state index in [0.29, 0.717) is 24.3 Å². The first kappa shape index (κ1) is 14.6. The monoisotopic (exact) mass is 303 g/mol. The zero-order chi connectivity index (χ0) is 15.7. The third kappa shape index (κ3) is 2.70. The van der Waals surface area contributed by atoms with E-state index in [9.17, 15) is 15.0 Å². The Morgan fingerprint density at radius 1 is 1.41 bits per heavy atom. The molecule has 1 saturated heterocycles. The maximum Gasteiger partial charge on any atom is 0.254 e. The minimum atomic E-state index is -1.15. The van der Waals surface area contributed by atoms with Gasteiger partial charge in [0.25, 0.3) is 5.91 Å². The van der Waals surface area contributed by atoms with Gasteiger partial charge >= 0.3 is 0 Å². The van der Waals surface area contributed by atoms with Gasteiger partial charge in [-0.1, -0.05) is 0 Å². The van der Waals surface area contributed by atoms with Crippen molar-refractivity contribution in [2.45, 2.75) is 25.0 Å². The highest BCUT2D eigenvalue weighted by Crippen LogP contribution is 2.23. The van der Waals surface area contributed by atoms with Crippen LogP contribution in [-0.2, 0) is 0 Å². The molecule has 2 aromatic heterocycles. The van der Waals surface area contributed by atoms with E-state index in [4.69, 9.17) is 0 Å². The van der Waals surface area contributed by atoms with Gasteiger partial charge in [-0.2, -0.15) is 0 Å². The molecule has 3 heterocycles. The fourth-order valence-corrected chi connectivity index (χ4v) is 2.40. The summed E-state index contributed by atoms with van der Waals surface area (Å²) in [6.07, 6.45) is 3.92. The smallest absolute Gasteiger partial charge is 0.254 e. The zero-order valence-corrected chi connectivity index (χ0v) is 12.1. The van der Waals surface area contributed by atoms with E-state index in [1.165, 1.54) is 17.6 Å². The van der Waals surface area contributed by atoms with Gasteiger partial charge in [0.2, 0.25) is 0 Å². The molecular weight excluding hydrogens is 286 g/mol. The Balaban J connectivity index is 1.80. The van der Waals surface area contributed by atoms with Crippen molar-refractivity contribution < 1.29 is 15.0 Å². The summed E-state index contributed by atoms with van der Waals surface area (Å²) in [5.74, 6) is 0.340. The molecule has 0 aromatic carbocycles. The summed E-state index contributed by atoms with van der Waals surface area (Å²) in [5.41, 5.74) is -0.685. The Labute approximate surface area is 127 Å². The lowest BCUT2D eigenvalue weighted by Crippen LogP contribution is -2.55. The van der Waals surface area contributed by atoms with Gasteiger partial charge in [-0.15, -0.1) is 10.2 Å². The van der Waals surface area contributed by atoms with Crippen molar-refractivity contribution in [1.29, 1.82) is 0 Å². The molecule has 2 aromatic rings. The number of aliphatic hydroxyl groups is 2. The number of carbonyl (C=O) groups is 1. The Morgan fingerprint density at radius 3 is 2.82 bits per heavy atom.